The topological polar surface area (TPSA) is 105 Å². The van der Waals surface area contributed by atoms with Crippen LogP contribution in [-0.2, 0) is 11.4 Å². The van der Waals surface area contributed by atoms with Gasteiger partial charge in [-0.05, 0) is 49.2 Å². The molecular formula is C20H25N3O5S. The van der Waals surface area contributed by atoms with E-state index in [1.54, 1.807) is 29.2 Å². The molecule has 0 radical (unpaired) electrons. The Hall–Kier alpha value is -2.78. The third kappa shape index (κ3) is 6.65. The number of carbonyl (C=O) groups is 1. The van der Waals surface area contributed by atoms with Gasteiger partial charge >= 0.3 is 0 Å². The van der Waals surface area contributed by atoms with Crippen LogP contribution in [0.1, 0.15) is 41.4 Å². The molecular weight excluding hydrogens is 394 g/mol. The Morgan fingerprint density at radius 1 is 1.21 bits per heavy atom. The van der Waals surface area contributed by atoms with Crippen molar-refractivity contribution in [1.82, 2.24) is 4.90 Å². The van der Waals surface area contributed by atoms with Crippen LogP contribution in [0, 0.1) is 10.1 Å². The number of rotatable bonds is 10. The summed E-state index contributed by atoms with van der Waals surface area (Å²) in [7, 11) is 0. The summed E-state index contributed by atoms with van der Waals surface area (Å²) in [4.78, 5) is 29.1. The summed E-state index contributed by atoms with van der Waals surface area (Å²) in [6, 6.07) is 13.7. The molecule has 2 aromatic carbocycles. The van der Waals surface area contributed by atoms with E-state index in [9.17, 15) is 20.0 Å². The van der Waals surface area contributed by atoms with Crippen LogP contribution in [0.25, 0.3) is 0 Å². The van der Waals surface area contributed by atoms with E-state index < -0.39 is 11.2 Å². The Labute approximate surface area is 174 Å². The van der Waals surface area contributed by atoms with Crippen molar-refractivity contribution in [3.63, 3.8) is 0 Å². The Balaban J connectivity index is 2.07. The molecule has 29 heavy (non-hydrogen) atoms. The van der Waals surface area contributed by atoms with E-state index in [1.165, 1.54) is 11.9 Å². The average molecular weight is 420 g/mol. The third-order valence-corrected chi connectivity index (χ3v) is 4.75. The maximum absolute atomic E-state index is 12.9. The van der Waals surface area contributed by atoms with Gasteiger partial charge in [-0.3, -0.25) is 4.79 Å². The second kappa shape index (κ2) is 10.7. The Kier molecular flexibility index (Phi) is 8.29. The highest BCUT2D eigenvalue weighted by Gasteiger charge is 2.22. The largest absolute Gasteiger partial charge is 0.387 e. The molecule has 1 atom stereocenters. The Morgan fingerprint density at radius 2 is 1.83 bits per heavy atom. The van der Waals surface area contributed by atoms with Gasteiger partial charge in [0.15, 0.2) is 0 Å². The van der Waals surface area contributed by atoms with Crippen molar-refractivity contribution in [3.8, 4) is 0 Å². The summed E-state index contributed by atoms with van der Waals surface area (Å²) in [5, 5.41) is 20.0. The first-order chi connectivity index (χ1) is 13.8. The number of nitrogens with zero attached hydrogens (tertiary/aromatic N) is 2. The zero-order valence-electron chi connectivity index (χ0n) is 16.6. The summed E-state index contributed by atoms with van der Waals surface area (Å²) >= 11 is 1.48. The molecule has 0 aliphatic carbocycles. The molecule has 1 unspecified atom stereocenters. The van der Waals surface area contributed by atoms with Crippen LogP contribution in [0.4, 0.5) is 5.69 Å². The first-order valence-corrected chi connectivity index (χ1v) is 10.3. The predicted molar refractivity (Wildman–Crippen MR) is 113 cm³/mol. The lowest BCUT2D eigenvalue weighted by Gasteiger charge is -2.29. The van der Waals surface area contributed by atoms with Crippen LogP contribution in [-0.4, -0.2) is 39.8 Å². The van der Waals surface area contributed by atoms with Gasteiger partial charge in [-0.25, -0.2) is 0 Å². The molecule has 8 nitrogen and oxygen atoms in total. The van der Waals surface area contributed by atoms with E-state index in [2.05, 4.69) is 9.56 Å². The van der Waals surface area contributed by atoms with Crippen LogP contribution in [0.15, 0.2) is 48.5 Å². The van der Waals surface area contributed by atoms with Crippen molar-refractivity contribution in [2.24, 2.45) is 0 Å². The van der Waals surface area contributed by atoms with E-state index in [-0.39, 0.29) is 25.1 Å². The van der Waals surface area contributed by atoms with Crippen molar-refractivity contribution in [2.75, 3.05) is 17.5 Å². The lowest BCUT2D eigenvalue weighted by atomic mass is 10.1. The SMILES string of the molecule is CSNc1ccc(C(O)CN(C(=O)c2ccc(CO[N+](=O)[O-])cc2)C(C)C)cc1. The fourth-order valence-electron chi connectivity index (χ4n) is 2.75. The fraction of sp³-hybridized carbons (Fsp3) is 0.350. The zero-order valence-corrected chi connectivity index (χ0v) is 17.4. The normalized spacial score (nSPS) is 11.8. The lowest BCUT2D eigenvalue weighted by molar-refractivity contribution is -0.763. The Bertz CT molecular complexity index is 812. The number of hydrogen-bond acceptors (Lipinski definition) is 7. The van der Waals surface area contributed by atoms with Gasteiger partial charge in [0.25, 0.3) is 11.0 Å². The van der Waals surface area contributed by atoms with Crippen LogP contribution in [0.3, 0.4) is 0 Å². The molecule has 0 bridgehead atoms. The number of benzene rings is 2. The molecule has 2 aromatic rings. The van der Waals surface area contributed by atoms with Crippen molar-refractivity contribution >= 4 is 23.5 Å². The van der Waals surface area contributed by atoms with Crippen molar-refractivity contribution in [2.45, 2.75) is 32.6 Å². The van der Waals surface area contributed by atoms with Crippen molar-refractivity contribution in [3.05, 3.63) is 75.3 Å². The molecule has 0 aromatic heterocycles. The molecule has 0 aliphatic heterocycles. The molecule has 0 fully saturated rings. The van der Waals surface area contributed by atoms with Gasteiger partial charge in [0.05, 0.1) is 12.6 Å². The minimum Gasteiger partial charge on any atom is -0.387 e. The van der Waals surface area contributed by atoms with Gasteiger partial charge in [-0.2, -0.15) is 0 Å². The number of hydrogen-bond donors (Lipinski definition) is 2. The second-order valence-electron chi connectivity index (χ2n) is 6.69. The minimum atomic E-state index is -0.857. The molecule has 0 saturated heterocycles. The smallest absolute Gasteiger partial charge is 0.294 e. The molecule has 2 N–H and O–H groups in total. The molecule has 2 rings (SSSR count). The van der Waals surface area contributed by atoms with Crippen molar-refractivity contribution in [1.29, 1.82) is 0 Å². The van der Waals surface area contributed by atoms with Gasteiger partial charge in [-0.15, -0.1) is 10.1 Å². The zero-order chi connectivity index (χ0) is 21.4. The van der Waals surface area contributed by atoms with Crippen molar-refractivity contribution < 1.29 is 19.8 Å². The highest BCUT2D eigenvalue weighted by atomic mass is 32.2. The van der Waals surface area contributed by atoms with Gasteiger partial charge < -0.3 is 19.6 Å². The monoisotopic (exact) mass is 419 g/mol. The predicted octanol–water partition coefficient (Wildman–Crippen LogP) is 3.67. The van der Waals surface area contributed by atoms with Gasteiger partial charge in [0.1, 0.15) is 6.61 Å². The van der Waals surface area contributed by atoms with E-state index in [0.717, 1.165) is 11.3 Å². The molecule has 0 aliphatic rings. The minimum absolute atomic E-state index is 0.118. The molecule has 9 heteroatoms. The summed E-state index contributed by atoms with van der Waals surface area (Å²) < 4.78 is 3.12. The number of carbonyl (C=O) groups excluding carboxylic acids is 1. The second-order valence-corrected chi connectivity index (χ2v) is 7.30. The maximum atomic E-state index is 12.9. The van der Waals surface area contributed by atoms with E-state index >= 15 is 0 Å². The standard InChI is InChI=1S/C20H25N3O5S/c1-14(2)22(12-19(24)16-8-10-18(11-9-16)21-29-3)20(25)17-6-4-15(5-7-17)13-28-23(26)27/h4-11,14,19,21,24H,12-13H2,1-3H3. The molecule has 0 heterocycles. The summed E-state index contributed by atoms with van der Waals surface area (Å²) in [5.74, 6) is -0.221. The first-order valence-electron chi connectivity index (χ1n) is 9.06. The van der Waals surface area contributed by atoms with Gasteiger partial charge in [0.2, 0.25) is 0 Å². The van der Waals surface area contributed by atoms with E-state index in [4.69, 9.17) is 0 Å². The van der Waals surface area contributed by atoms with Crippen LogP contribution in [0.5, 0.6) is 0 Å². The van der Waals surface area contributed by atoms with Crippen LogP contribution in [0.2, 0.25) is 0 Å². The molecule has 1 amide bonds. The van der Waals surface area contributed by atoms with E-state index in [0.29, 0.717) is 11.1 Å². The fourth-order valence-corrected chi connectivity index (χ4v) is 3.12. The van der Waals surface area contributed by atoms with E-state index in [1.807, 2.05) is 44.4 Å². The average Bonchev–Trinajstić information content (AvgIpc) is 2.70. The first kappa shape index (κ1) is 22.5. The summed E-state index contributed by atoms with van der Waals surface area (Å²) in [5.41, 5.74) is 2.69. The molecule has 156 valence electrons. The van der Waals surface area contributed by atoms with Crippen LogP contribution < -0.4 is 4.72 Å². The van der Waals surface area contributed by atoms with Crippen LogP contribution >= 0.6 is 11.9 Å². The Morgan fingerprint density at radius 3 is 2.34 bits per heavy atom. The quantitative estimate of drug-likeness (QED) is 0.344. The summed E-state index contributed by atoms with van der Waals surface area (Å²) in [6.07, 6.45) is 1.11. The number of nitrogens with one attached hydrogen (secondary N) is 1. The number of anilines is 1. The molecule has 0 saturated carbocycles. The third-order valence-electron chi connectivity index (χ3n) is 4.31. The van der Waals surface area contributed by atoms with Gasteiger partial charge in [0, 0.05) is 23.5 Å². The highest BCUT2D eigenvalue weighted by Crippen LogP contribution is 2.21. The summed E-state index contributed by atoms with van der Waals surface area (Å²) in [6.45, 7) is 3.75. The maximum Gasteiger partial charge on any atom is 0.294 e. The van der Waals surface area contributed by atoms with Gasteiger partial charge in [-0.1, -0.05) is 36.2 Å². The molecule has 0 spiro atoms. The number of amides is 1. The lowest BCUT2D eigenvalue weighted by Crippen LogP contribution is -2.40. The highest BCUT2D eigenvalue weighted by molar-refractivity contribution is 7.99. The number of aliphatic hydroxyl groups is 1. The number of aliphatic hydroxyl groups excluding tert-OH is 1.